The van der Waals surface area contributed by atoms with Crippen molar-refractivity contribution >= 4 is 31.4 Å². The van der Waals surface area contributed by atoms with Crippen molar-refractivity contribution in [2.45, 2.75) is 24.3 Å². The number of anilines is 1. The van der Waals surface area contributed by atoms with Gasteiger partial charge in [0.2, 0.25) is 10.0 Å². The summed E-state index contributed by atoms with van der Waals surface area (Å²) >= 11 is 0. The molecule has 7 nitrogen and oxygen atoms in total. The first-order valence-corrected chi connectivity index (χ1v) is 13.4. The van der Waals surface area contributed by atoms with Gasteiger partial charge in [-0.3, -0.25) is 4.72 Å². The summed E-state index contributed by atoms with van der Waals surface area (Å²) in [7, 11) is -7.59. The van der Waals surface area contributed by atoms with Gasteiger partial charge in [0.15, 0.2) is 0 Å². The van der Waals surface area contributed by atoms with E-state index < -0.39 is 31.9 Å². The molecule has 0 aliphatic carbocycles. The molecule has 0 spiro atoms. The van der Waals surface area contributed by atoms with E-state index in [0.717, 1.165) is 10.7 Å². The van der Waals surface area contributed by atoms with Gasteiger partial charge in [0.25, 0.3) is 10.0 Å². The Morgan fingerprint density at radius 1 is 0.970 bits per heavy atom. The van der Waals surface area contributed by atoms with Crippen LogP contribution in [0.3, 0.4) is 0 Å². The van der Waals surface area contributed by atoms with Crippen LogP contribution in [0.15, 0.2) is 82.8 Å². The average molecular weight is 488 g/mol. The lowest BCUT2D eigenvalue weighted by Gasteiger charge is -2.24. The number of hydrogen-bond acceptors (Lipinski definition) is 5. The van der Waals surface area contributed by atoms with E-state index in [9.17, 15) is 21.2 Å². The van der Waals surface area contributed by atoms with E-state index in [1.165, 1.54) is 18.2 Å². The summed E-state index contributed by atoms with van der Waals surface area (Å²) in [6, 6.07) is 18.1. The number of nitrogens with zero attached hydrogens (tertiary/aromatic N) is 2. The van der Waals surface area contributed by atoms with Crippen LogP contribution in [0.25, 0.3) is 0 Å². The highest BCUT2D eigenvalue weighted by molar-refractivity contribution is 7.92. The third-order valence-electron chi connectivity index (χ3n) is 5.25. The van der Waals surface area contributed by atoms with Gasteiger partial charge in [-0.2, -0.15) is 17.9 Å². The maximum atomic E-state index is 14.7. The lowest BCUT2D eigenvalue weighted by atomic mass is 9.98. The Morgan fingerprint density at radius 2 is 1.67 bits per heavy atom. The number of rotatable bonds is 6. The second kappa shape index (κ2) is 8.60. The van der Waals surface area contributed by atoms with Gasteiger partial charge in [-0.25, -0.2) is 12.8 Å². The van der Waals surface area contributed by atoms with Gasteiger partial charge in [0, 0.05) is 17.7 Å². The van der Waals surface area contributed by atoms with Crippen molar-refractivity contribution in [1.82, 2.24) is 4.41 Å². The van der Waals surface area contributed by atoms with Crippen molar-refractivity contribution in [3.63, 3.8) is 0 Å². The molecule has 0 radical (unpaired) electrons. The summed E-state index contributed by atoms with van der Waals surface area (Å²) in [4.78, 5) is 0.0869. The zero-order chi connectivity index (χ0) is 23.8. The van der Waals surface area contributed by atoms with Crippen LogP contribution in [0.2, 0.25) is 0 Å². The van der Waals surface area contributed by atoms with Crippen LogP contribution in [0, 0.1) is 12.7 Å². The monoisotopic (exact) mass is 487 g/mol. The molecule has 1 atom stereocenters. The SMILES string of the molecule is Cc1ccccc1S(=O)(=O)N1N=C(c2cccc(NS(C)(=O)=O)c2)CC1c1ccccc1F. The third-order valence-corrected chi connectivity index (χ3v) is 7.70. The van der Waals surface area contributed by atoms with E-state index in [1.807, 2.05) is 0 Å². The maximum absolute atomic E-state index is 14.7. The number of hydrazone groups is 1. The second-order valence-corrected chi connectivity index (χ2v) is 11.3. The van der Waals surface area contributed by atoms with E-state index in [4.69, 9.17) is 0 Å². The molecule has 0 bridgehead atoms. The largest absolute Gasteiger partial charge is 0.284 e. The Hall–Kier alpha value is -3.24. The first kappa shape index (κ1) is 22.9. The van der Waals surface area contributed by atoms with Crippen LogP contribution in [0.5, 0.6) is 0 Å². The van der Waals surface area contributed by atoms with Crippen LogP contribution in [-0.2, 0) is 20.0 Å². The lowest BCUT2D eigenvalue weighted by Crippen LogP contribution is -2.28. The molecule has 1 unspecified atom stereocenters. The fourth-order valence-electron chi connectivity index (χ4n) is 3.78. The van der Waals surface area contributed by atoms with Gasteiger partial charge < -0.3 is 0 Å². The van der Waals surface area contributed by atoms with Gasteiger partial charge >= 0.3 is 0 Å². The molecule has 4 rings (SSSR count). The smallest absolute Gasteiger partial charge is 0.279 e. The minimum Gasteiger partial charge on any atom is -0.284 e. The highest BCUT2D eigenvalue weighted by Gasteiger charge is 2.39. The molecule has 0 amide bonds. The highest BCUT2D eigenvalue weighted by atomic mass is 32.2. The summed E-state index contributed by atoms with van der Waals surface area (Å²) in [6.45, 7) is 1.69. The molecule has 0 saturated carbocycles. The summed E-state index contributed by atoms with van der Waals surface area (Å²) in [5.41, 5.74) is 2.01. The predicted octanol–water partition coefficient (Wildman–Crippen LogP) is 4.05. The Morgan fingerprint density at radius 3 is 2.36 bits per heavy atom. The molecule has 10 heteroatoms. The maximum Gasteiger partial charge on any atom is 0.279 e. The van der Waals surface area contributed by atoms with E-state index in [-0.39, 0.29) is 16.9 Å². The normalized spacial score (nSPS) is 16.5. The van der Waals surface area contributed by atoms with Gasteiger partial charge in [-0.15, -0.1) is 0 Å². The number of benzene rings is 3. The van der Waals surface area contributed by atoms with Gasteiger partial charge in [-0.1, -0.05) is 48.5 Å². The molecule has 0 aromatic heterocycles. The van der Waals surface area contributed by atoms with Crippen LogP contribution >= 0.6 is 0 Å². The van der Waals surface area contributed by atoms with Crippen LogP contribution in [0.1, 0.15) is 29.2 Å². The molecule has 172 valence electrons. The Kier molecular flexibility index (Phi) is 5.98. The van der Waals surface area contributed by atoms with Gasteiger partial charge in [-0.05, 0) is 42.3 Å². The molecule has 1 N–H and O–H groups in total. The van der Waals surface area contributed by atoms with E-state index in [1.54, 1.807) is 61.5 Å². The molecule has 3 aromatic carbocycles. The van der Waals surface area contributed by atoms with E-state index in [2.05, 4.69) is 9.82 Å². The topological polar surface area (TPSA) is 95.9 Å². The quantitative estimate of drug-likeness (QED) is 0.568. The molecule has 3 aromatic rings. The van der Waals surface area contributed by atoms with Crippen LogP contribution in [-0.4, -0.2) is 33.2 Å². The standard InChI is InChI=1S/C23H22FN3O4S2/c1-16-8-3-6-13-23(16)33(30,31)27-22(19-11-4-5-12-20(19)24)15-21(25-27)17-9-7-10-18(14-17)26-32(2,28)29/h3-14,22,26H,15H2,1-2H3. The highest BCUT2D eigenvalue weighted by Crippen LogP contribution is 2.38. The molecule has 1 aliphatic rings. The number of halogens is 1. The summed E-state index contributed by atoms with van der Waals surface area (Å²) in [6.07, 6.45) is 1.16. The average Bonchev–Trinajstić information content (AvgIpc) is 3.19. The van der Waals surface area contributed by atoms with Crippen LogP contribution < -0.4 is 4.72 Å². The van der Waals surface area contributed by atoms with Gasteiger partial charge in [0.05, 0.1) is 22.9 Å². The van der Waals surface area contributed by atoms with E-state index >= 15 is 0 Å². The molecular formula is C23H22FN3O4S2. The molecule has 0 fully saturated rings. The summed E-state index contributed by atoms with van der Waals surface area (Å²) in [5.74, 6) is -0.531. The number of aryl methyl sites for hydroxylation is 1. The van der Waals surface area contributed by atoms with Gasteiger partial charge in [0.1, 0.15) is 5.82 Å². The zero-order valence-electron chi connectivity index (χ0n) is 17.9. The fourth-order valence-corrected chi connectivity index (χ4v) is 6.00. The molecule has 1 aliphatic heterocycles. The fraction of sp³-hybridized carbons (Fsp3) is 0.174. The minimum atomic E-state index is -4.10. The molecular weight excluding hydrogens is 465 g/mol. The number of hydrogen-bond donors (Lipinski definition) is 1. The number of nitrogens with one attached hydrogen (secondary N) is 1. The van der Waals surface area contributed by atoms with Crippen molar-refractivity contribution in [3.05, 3.63) is 95.3 Å². The second-order valence-electron chi connectivity index (χ2n) is 7.79. The van der Waals surface area contributed by atoms with Crippen molar-refractivity contribution in [3.8, 4) is 0 Å². The first-order chi connectivity index (χ1) is 15.6. The predicted molar refractivity (Wildman–Crippen MR) is 125 cm³/mol. The lowest BCUT2D eigenvalue weighted by molar-refractivity contribution is 0.362. The molecule has 1 heterocycles. The molecule has 33 heavy (non-hydrogen) atoms. The Labute approximate surface area is 192 Å². The van der Waals surface area contributed by atoms with Crippen LogP contribution in [0.4, 0.5) is 10.1 Å². The minimum absolute atomic E-state index is 0.0869. The Bertz CT molecular complexity index is 1450. The number of sulfonamides is 2. The first-order valence-electron chi connectivity index (χ1n) is 10.1. The third kappa shape index (κ3) is 4.76. The molecule has 0 saturated heterocycles. The summed E-state index contributed by atoms with van der Waals surface area (Å²) < 4.78 is 68.5. The van der Waals surface area contributed by atoms with Crippen molar-refractivity contribution in [1.29, 1.82) is 0 Å². The summed E-state index contributed by atoms with van der Waals surface area (Å²) in [5, 5.41) is 4.40. The van der Waals surface area contributed by atoms with Crippen molar-refractivity contribution < 1.29 is 21.2 Å². The Balaban J connectivity index is 1.82. The van der Waals surface area contributed by atoms with E-state index in [0.29, 0.717) is 22.5 Å². The van der Waals surface area contributed by atoms with Crippen molar-refractivity contribution in [2.75, 3.05) is 11.0 Å². The zero-order valence-corrected chi connectivity index (χ0v) is 19.6. The van der Waals surface area contributed by atoms with Crippen molar-refractivity contribution in [2.24, 2.45) is 5.10 Å².